The highest BCUT2D eigenvalue weighted by Crippen LogP contribution is 2.16. The standard InChI is InChI=1S/C14H10FN3S/c15-12-8-10(9-16)6-7-13(12)18-14(19)17-11-4-2-1-3-5-11/h1-8H,(H2,17,18,19). The van der Waals surface area contributed by atoms with Gasteiger partial charge in [-0.2, -0.15) is 5.26 Å². The van der Waals surface area contributed by atoms with Gasteiger partial charge in [0, 0.05) is 5.69 Å². The summed E-state index contributed by atoms with van der Waals surface area (Å²) in [5.74, 6) is -0.517. The summed E-state index contributed by atoms with van der Waals surface area (Å²) in [5.41, 5.74) is 1.31. The van der Waals surface area contributed by atoms with Crippen LogP contribution in [0.5, 0.6) is 0 Å². The molecule has 0 aromatic heterocycles. The highest BCUT2D eigenvalue weighted by molar-refractivity contribution is 7.80. The Kier molecular flexibility index (Phi) is 4.06. The third-order valence-electron chi connectivity index (χ3n) is 2.38. The van der Waals surface area contributed by atoms with E-state index in [0.29, 0.717) is 0 Å². The topological polar surface area (TPSA) is 47.9 Å². The van der Waals surface area contributed by atoms with Gasteiger partial charge in [0.2, 0.25) is 0 Å². The summed E-state index contributed by atoms with van der Waals surface area (Å²) in [6.45, 7) is 0. The second-order valence-corrected chi connectivity index (χ2v) is 4.16. The van der Waals surface area contributed by atoms with Crippen LogP contribution in [0.1, 0.15) is 5.56 Å². The molecular formula is C14H10FN3S. The van der Waals surface area contributed by atoms with Crippen molar-refractivity contribution in [3.05, 3.63) is 59.9 Å². The predicted octanol–water partition coefficient (Wildman–Crippen LogP) is 3.51. The Hall–Kier alpha value is -2.45. The number of nitrogens with one attached hydrogen (secondary N) is 2. The maximum Gasteiger partial charge on any atom is 0.175 e. The van der Waals surface area contributed by atoms with Crippen molar-refractivity contribution in [3.8, 4) is 6.07 Å². The Morgan fingerprint density at radius 1 is 1.11 bits per heavy atom. The number of benzene rings is 2. The molecule has 0 bridgehead atoms. The molecular weight excluding hydrogens is 261 g/mol. The zero-order chi connectivity index (χ0) is 13.7. The minimum absolute atomic E-state index is 0.229. The van der Waals surface area contributed by atoms with Gasteiger partial charge in [0.15, 0.2) is 5.11 Å². The molecule has 0 atom stereocenters. The Labute approximate surface area is 115 Å². The van der Waals surface area contributed by atoms with Crippen LogP contribution in [0.25, 0.3) is 0 Å². The minimum atomic E-state index is -0.517. The van der Waals surface area contributed by atoms with E-state index < -0.39 is 5.82 Å². The lowest BCUT2D eigenvalue weighted by Gasteiger charge is -2.11. The second-order valence-electron chi connectivity index (χ2n) is 3.75. The van der Waals surface area contributed by atoms with E-state index in [2.05, 4.69) is 10.6 Å². The first-order valence-corrected chi connectivity index (χ1v) is 5.92. The minimum Gasteiger partial charge on any atom is -0.332 e. The molecule has 0 heterocycles. The number of rotatable bonds is 2. The highest BCUT2D eigenvalue weighted by Gasteiger charge is 2.05. The summed E-state index contributed by atoms with van der Waals surface area (Å²) in [6, 6.07) is 15.4. The van der Waals surface area contributed by atoms with Crippen LogP contribution in [0.2, 0.25) is 0 Å². The van der Waals surface area contributed by atoms with E-state index in [9.17, 15) is 4.39 Å². The van der Waals surface area contributed by atoms with Crippen molar-refractivity contribution in [1.82, 2.24) is 0 Å². The van der Waals surface area contributed by atoms with Crippen molar-refractivity contribution >= 4 is 28.7 Å². The molecule has 2 aromatic rings. The Balaban J connectivity index is 2.05. The molecule has 2 aromatic carbocycles. The van der Waals surface area contributed by atoms with Gasteiger partial charge < -0.3 is 10.6 Å². The summed E-state index contributed by atoms with van der Waals surface area (Å²) < 4.78 is 13.6. The van der Waals surface area contributed by atoms with E-state index in [1.807, 2.05) is 36.4 Å². The number of hydrogen-bond donors (Lipinski definition) is 2. The second kappa shape index (κ2) is 5.94. The van der Waals surface area contributed by atoms with Gasteiger partial charge in [-0.05, 0) is 42.5 Å². The normalized spacial score (nSPS) is 9.47. The first kappa shape index (κ1) is 13.0. The summed E-state index contributed by atoms with van der Waals surface area (Å²) >= 11 is 5.08. The molecule has 94 valence electrons. The van der Waals surface area contributed by atoms with Crippen LogP contribution < -0.4 is 10.6 Å². The molecule has 0 aliphatic heterocycles. The third-order valence-corrected chi connectivity index (χ3v) is 2.58. The van der Waals surface area contributed by atoms with E-state index in [4.69, 9.17) is 17.5 Å². The Morgan fingerprint density at radius 3 is 2.47 bits per heavy atom. The van der Waals surface area contributed by atoms with Gasteiger partial charge in [-0.1, -0.05) is 18.2 Å². The van der Waals surface area contributed by atoms with Crippen molar-refractivity contribution in [2.24, 2.45) is 0 Å². The number of halogens is 1. The summed E-state index contributed by atoms with van der Waals surface area (Å²) in [4.78, 5) is 0. The van der Waals surface area contributed by atoms with Gasteiger partial charge in [-0.3, -0.25) is 0 Å². The lowest BCUT2D eigenvalue weighted by atomic mass is 10.2. The zero-order valence-electron chi connectivity index (χ0n) is 9.85. The molecule has 0 fully saturated rings. The fourth-order valence-corrected chi connectivity index (χ4v) is 1.72. The van der Waals surface area contributed by atoms with Crippen LogP contribution in [0.15, 0.2) is 48.5 Å². The van der Waals surface area contributed by atoms with Crippen LogP contribution in [0.4, 0.5) is 15.8 Å². The Morgan fingerprint density at radius 2 is 1.84 bits per heavy atom. The van der Waals surface area contributed by atoms with Crippen LogP contribution in [-0.2, 0) is 0 Å². The van der Waals surface area contributed by atoms with E-state index in [-0.39, 0.29) is 16.4 Å². The first-order valence-electron chi connectivity index (χ1n) is 5.52. The maximum absolute atomic E-state index is 13.6. The number of hydrogen-bond acceptors (Lipinski definition) is 2. The van der Waals surface area contributed by atoms with Crippen molar-refractivity contribution in [2.75, 3.05) is 10.6 Å². The third kappa shape index (κ3) is 3.50. The highest BCUT2D eigenvalue weighted by atomic mass is 32.1. The van der Waals surface area contributed by atoms with Crippen molar-refractivity contribution in [1.29, 1.82) is 5.26 Å². The molecule has 0 radical (unpaired) electrons. The van der Waals surface area contributed by atoms with Crippen molar-refractivity contribution in [2.45, 2.75) is 0 Å². The molecule has 0 aliphatic rings. The van der Waals surface area contributed by atoms with Gasteiger partial charge >= 0.3 is 0 Å². The zero-order valence-corrected chi connectivity index (χ0v) is 10.7. The van der Waals surface area contributed by atoms with Crippen LogP contribution in [0, 0.1) is 17.1 Å². The number of para-hydroxylation sites is 1. The van der Waals surface area contributed by atoms with Gasteiger partial charge in [0.1, 0.15) is 5.82 Å². The molecule has 2 rings (SSSR count). The Bertz CT molecular complexity index is 635. The van der Waals surface area contributed by atoms with Gasteiger partial charge in [-0.25, -0.2) is 4.39 Å². The monoisotopic (exact) mass is 271 g/mol. The van der Waals surface area contributed by atoms with E-state index >= 15 is 0 Å². The van der Waals surface area contributed by atoms with Gasteiger partial charge in [0.05, 0.1) is 17.3 Å². The average molecular weight is 271 g/mol. The molecule has 3 nitrogen and oxygen atoms in total. The van der Waals surface area contributed by atoms with E-state index in [1.165, 1.54) is 12.1 Å². The smallest absolute Gasteiger partial charge is 0.175 e. The van der Waals surface area contributed by atoms with Crippen LogP contribution in [-0.4, -0.2) is 5.11 Å². The average Bonchev–Trinajstić information content (AvgIpc) is 2.42. The molecule has 0 amide bonds. The van der Waals surface area contributed by atoms with Gasteiger partial charge in [-0.15, -0.1) is 0 Å². The van der Waals surface area contributed by atoms with Crippen LogP contribution in [0.3, 0.4) is 0 Å². The molecule has 2 N–H and O–H groups in total. The lowest BCUT2D eigenvalue weighted by molar-refractivity contribution is 0.632. The number of anilines is 2. The largest absolute Gasteiger partial charge is 0.332 e. The maximum atomic E-state index is 13.6. The summed E-state index contributed by atoms with van der Waals surface area (Å²) in [6.07, 6.45) is 0. The van der Waals surface area contributed by atoms with Crippen molar-refractivity contribution < 1.29 is 4.39 Å². The van der Waals surface area contributed by atoms with E-state index in [1.54, 1.807) is 0 Å². The SMILES string of the molecule is N#Cc1ccc(NC(=S)Nc2ccccc2)c(F)c1. The number of thiocarbonyl (C=S) groups is 1. The molecule has 0 spiro atoms. The number of nitrogens with zero attached hydrogens (tertiary/aromatic N) is 1. The fourth-order valence-electron chi connectivity index (χ4n) is 1.49. The predicted molar refractivity (Wildman–Crippen MR) is 77.4 cm³/mol. The molecule has 5 heteroatoms. The fraction of sp³-hybridized carbons (Fsp3) is 0. The summed E-state index contributed by atoms with van der Waals surface area (Å²) in [7, 11) is 0. The first-order chi connectivity index (χ1) is 9.19. The molecule has 19 heavy (non-hydrogen) atoms. The molecule has 0 aliphatic carbocycles. The lowest BCUT2D eigenvalue weighted by Crippen LogP contribution is -2.19. The molecule has 0 saturated carbocycles. The quantitative estimate of drug-likeness (QED) is 0.821. The van der Waals surface area contributed by atoms with Crippen molar-refractivity contribution in [3.63, 3.8) is 0 Å². The van der Waals surface area contributed by atoms with Gasteiger partial charge in [0.25, 0.3) is 0 Å². The molecule has 0 unspecified atom stereocenters. The summed E-state index contributed by atoms with van der Waals surface area (Å²) in [5, 5.41) is 14.6. The number of nitriles is 1. The molecule has 0 saturated heterocycles. The van der Waals surface area contributed by atoms with E-state index in [0.717, 1.165) is 11.8 Å². The van der Waals surface area contributed by atoms with Crippen LogP contribution >= 0.6 is 12.2 Å².